The van der Waals surface area contributed by atoms with Crippen molar-refractivity contribution in [3.05, 3.63) is 42.0 Å². The number of carbonyl (C=O) groups excluding carboxylic acids is 1. The van der Waals surface area contributed by atoms with Crippen molar-refractivity contribution in [1.29, 1.82) is 0 Å². The number of phenolic OH excluding ortho intramolecular Hbond substituents is 1. The zero-order chi connectivity index (χ0) is 12.8. The van der Waals surface area contributed by atoms with Gasteiger partial charge in [0.05, 0.1) is 0 Å². The summed E-state index contributed by atoms with van der Waals surface area (Å²) >= 11 is 0. The molecule has 1 aliphatic rings. The third-order valence-corrected chi connectivity index (χ3v) is 2.87. The summed E-state index contributed by atoms with van der Waals surface area (Å²) in [6.07, 6.45) is 9.20. The Labute approximate surface area is 106 Å². The quantitative estimate of drug-likeness (QED) is 0.487. The molecule has 2 rings (SSSR count). The molecule has 0 heterocycles. The lowest BCUT2D eigenvalue weighted by Crippen LogP contribution is -2.18. The summed E-state index contributed by atoms with van der Waals surface area (Å²) in [4.78, 5) is 11.7. The first-order valence-corrected chi connectivity index (χ1v) is 6.03. The minimum atomic E-state index is -0.312. The van der Waals surface area contributed by atoms with Crippen molar-refractivity contribution in [1.82, 2.24) is 5.43 Å². The third kappa shape index (κ3) is 3.45. The average Bonchev–Trinajstić information content (AvgIpc) is 2.40. The maximum Gasteiger partial charge on any atom is 0.271 e. The van der Waals surface area contributed by atoms with Crippen LogP contribution < -0.4 is 5.43 Å². The molecule has 0 spiro atoms. The van der Waals surface area contributed by atoms with Crippen LogP contribution in [0.5, 0.6) is 5.75 Å². The molecule has 2 N–H and O–H groups in total. The molecule has 18 heavy (non-hydrogen) atoms. The average molecular weight is 244 g/mol. The van der Waals surface area contributed by atoms with Gasteiger partial charge in [-0.2, -0.15) is 5.10 Å². The molecule has 4 heteroatoms. The highest BCUT2D eigenvalue weighted by Gasteiger charge is 2.07. The number of phenols is 1. The summed E-state index contributed by atoms with van der Waals surface area (Å²) in [6.45, 7) is 0. The second-order valence-electron chi connectivity index (χ2n) is 4.31. The molecule has 0 bridgehead atoms. The first kappa shape index (κ1) is 12.4. The summed E-state index contributed by atoms with van der Waals surface area (Å²) in [6, 6.07) is 6.19. The van der Waals surface area contributed by atoms with E-state index in [2.05, 4.69) is 22.7 Å². The predicted octanol–water partition coefficient (Wildman–Crippen LogP) is 2.46. The van der Waals surface area contributed by atoms with E-state index in [9.17, 15) is 9.90 Å². The van der Waals surface area contributed by atoms with Crippen molar-refractivity contribution in [2.24, 2.45) is 11.0 Å². The Morgan fingerprint density at radius 3 is 3.06 bits per heavy atom. The second-order valence-corrected chi connectivity index (χ2v) is 4.31. The van der Waals surface area contributed by atoms with Gasteiger partial charge in [0.25, 0.3) is 5.91 Å². The van der Waals surface area contributed by atoms with Crippen LogP contribution in [-0.4, -0.2) is 17.2 Å². The molecule has 0 radical (unpaired) electrons. The topological polar surface area (TPSA) is 61.7 Å². The van der Waals surface area contributed by atoms with Gasteiger partial charge in [-0.1, -0.05) is 18.2 Å². The first-order chi connectivity index (χ1) is 8.75. The number of hydrazone groups is 1. The number of nitrogens with one attached hydrogen (secondary N) is 1. The highest BCUT2D eigenvalue weighted by atomic mass is 16.3. The Morgan fingerprint density at radius 1 is 1.44 bits per heavy atom. The van der Waals surface area contributed by atoms with E-state index in [1.54, 1.807) is 18.3 Å². The lowest BCUT2D eigenvalue weighted by molar-refractivity contribution is 0.0954. The summed E-state index contributed by atoms with van der Waals surface area (Å²) in [5.41, 5.74) is 2.87. The van der Waals surface area contributed by atoms with Crippen molar-refractivity contribution < 1.29 is 9.90 Å². The third-order valence-electron chi connectivity index (χ3n) is 2.87. The minimum Gasteiger partial charge on any atom is -0.508 e. The zero-order valence-electron chi connectivity index (χ0n) is 10.0. The molecule has 1 atom stereocenters. The van der Waals surface area contributed by atoms with E-state index in [1.807, 2.05) is 0 Å². The lowest BCUT2D eigenvalue weighted by atomic mass is 9.96. The van der Waals surface area contributed by atoms with Crippen molar-refractivity contribution in [3.8, 4) is 5.75 Å². The van der Waals surface area contributed by atoms with E-state index >= 15 is 0 Å². The van der Waals surface area contributed by atoms with Crippen LogP contribution in [0.4, 0.5) is 0 Å². The Morgan fingerprint density at radius 2 is 2.33 bits per heavy atom. The second kappa shape index (κ2) is 6.00. The highest BCUT2D eigenvalue weighted by molar-refractivity contribution is 5.94. The van der Waals surface area contributed by atoms with Crippen LogP contribution in [0.25, 0.3) is 0 Å². The largest absolute Gasteiger partial charge is 0.508 e. The van der Waals surface area contributed by atoms with Gasteiger partial charge in [0.2, 0.25) is 0 Å². The number of benzene rings is 1. The number of rotatable bonds is 3. The van der Waals surface area contributed by atoms with E-state index in [-0.39, 0.29) is 11.7 Å². The molecule has 0 saturated heterocycles. The van der Waals surface area contributed by atoms with Crippen LogP contribution in [-0.2, 0) is 0 Å². The zero-order valence-corrected chi connectivity index (χ0v) is 10.0. The van der Waals surface area contributed by atoms with Crippen LogP contribution in [0.2, 0.25) is 0 Å². The van der Waals surface area contributed by atoms with Gasteiger partial charge in [-0.25, -0.2) is 5.43 Å². The van der Waals surface area contributed by atoms with Crippen LogP contribution in [0, 0.1) is 5.92 Å². The van der Waals surface area contributed by atoms with Gasteiger partial charge >= 0.3 is 0 Å². The van der Waals surface area contributed by atoms with E-state index in [4.69, 9.17) is 0 Å². The number of hydrogen-bond acceptors (Lipinski definition) is 3. The van der Waals surface area contributed by atoms with Crippen molar-refractivity contribution >= 4 is 12.1 Å². The van der Waals surface area contributed by atoms with Crippen molar-refractivity contribution in [2.75, 3.05) is 0 Å². The monoisotopic (exact) mass is 244 g/mol. The molecule has 1 aromatic rings. The lowest BCUT2D eigenvalue weighted by Gasteiger charge is -2.11. The van der Waals surface area contributed by atoms with Crippen LogP contribution in [0.1, 0.15) is 29.6 Å². The summed E-state index contributed by atoms with van der Waals surface area (Å²) in [7, 11) is 0. The number of hydrogen-bond donors (Lipinski definition) is 2. The normalized spacial score (nSPS) is 19.0. The van der Waals surface area contributed by atoms with E-state index in [0.29, 0.717) is 11.5 Å². The molecule has 1 aliphatic carbocycles. The molecular weight excluding hydrogens is 228 g/mol. The van der Waals surface area contributed by atoms with Gasteiger partial charge < -0.3 is 5.11 Å². The van der Waals surface area contributed by atoms with E-state index in [1.165, 1.54) is 12.1 Å². The number of carbonyl (C=O) groups is 1. The highest BCUT2D eigenvalue weighted by Crippen LogP contribution is 2.15. The van der Waals surface area contributed by atoms with Crippen LogP contribution in [0.15, 0.2) is 41.5 Å². The van der Waals surface area contributed by atoms with E-state index in [0.717, 1.165) is 19.3 Å². The fourth-order valence-electron chi connectivity index (χ4n) is 1.87. The fraction of sp³-hybridized carbons (Fsp3) is 0.286. The van der Waals surface area contributed by atoms with Gasteiger partial charge in [0, 0.05) is 11.8 Å². The van der Waals surface area contributed by atoms with Gasteiger partial charge in [-0.3, -0.25) is 4.79 Å². The molecule has 0 aliphatic heterocycles. The van der Waals surface area contributed by atoms with Crippen LogP contribution >= 0.6 is 0 Å². The maximum atomic E-state index is 11.7. The molecular formula is C14H16N2O2. The molecule has 0 fully saturated rings. The van der Waals surface area contributed by atoms with Crippen molar-refractivity contribution in [2.45, 2.75) is 19.3 Å². The van der Waals surface area contributed by atoms with Gasteiger partial charge in [-0.05, 0) is 43.4 Å². The summed E-state index contributed by atoms with van der Waals surface area (Å²) in [5.74, 6) is 0.164. The molecule has 4 nitrogen and oxygen atoms in total. The summed E-state index contributed by atoms with van der Waals surface area (Å²) in [5, 5.41) is 13.2. The van der Waals surface area contributed by atoms with Gasteiger partial charge in [0.15, 0.2) is 0 Å². The molecule has 0 unspecified atom stereocenters. The number of allylic oxidation sites excluding steroid dienone is 2. The Kier molecular flexibility index (Phi) is 4.12. The number of nitrogens with zero attached hydrogens (tertiary/aromatic N) is 1. The molecule has 1 aromatic carbocycles. The molecule has 0 aromatic heterocycles. The molecule has 0 saturated carbocycles. The molecule has 1 amide bonds. The SMILES string of the molecule is O=C(N/N=C\[C@H]1CC=CCC1)c1cccc(O)c1. The smallest absolute Gasteiger partial charge is 0.271 e. The van der Waals surface area contributed by atoms with E-state index < -0.39 is 0 Å². The standard InChI is InChI=1S/C14H16N2O2/c17-13-8-4-7-12(9-13)14(18)16-15-10-11-5-2-1-3-6-11/h1-2,4,7-11,17H,3,5-6H2,(H,16,18)/b15-10-/t11-/m0/s1. The Hall–Kier alpha value is -2.10. The van der Waals surface area contributed by atoms with Gasteiger partial charge in [-0.15, -0.1) is 0 Å². The van der Waals surface area contributed by atoms with Crippen LogP contribution in [0.3, 0.4) is 0 Å². The number of aromatic hydroxyl groups is 1. The Balaban J connectivity index is 1.88. The van der Waals surface area contributed by atoms with Gasteiger partial charge in [0.1, 0.15) is 5.75 Å². The maximum absolute atomic E-state index is 11.7. The first-order valence-electron chi connectivity index (χ1n) is 6.03. The predicted molar refractivity (Wildman–Crippen MR) is 70.5 cm³/mol. The summed E-state index contributed by atoms with van der Waals surface area (Å²) < 4.78 is 0. The number of amides is 1. The molecule has 94 valence electrons. The Bertz CT molecular complexity index is 480. The minimum absolute atomic E-state index is 0.0732. The van der Waals surface area contributed by atoms with Crippen molar-refractivity contribution in [3.63, 3.8) is 0 Å². The fourth-order valence-corrected chi connectivity index (χ4v) is 1.87.